The molecule has 1 amide bonds. The fraction of sp³-hybridized carbons (Fsp3) is 0.318. The van der Waals surface area contributed by atoms with E-state index in [1.165, 1.54) is 28.9 Å². The molecule has 0 aliphatic carbocycles. The zero-order valence-corrected chi connectivity index (χ0v) is 17.5. The Hall–Kier alpha value is -2.82. The average molecular weight is 412 g/mol. The first-order valence-electron chi connectivity index (χ1n) is 9.47. The summed E-state index contributed by atoms with van der Waals surface area (Å²) in [4.78, 5) is 17.0. The number of terminal acetylenes is 1. The molecule has 1 aliphatic rings. The van der Waals surface area contributed by atoms with E-state index in [9.17, 15) is 13.2 Å². The van der Waals surface area contributed by atoms with Crippen molar-refractivity contribution in [1.82, 2.24) is 9.62 Å². The Morgan fingerprint density at radius 1 is 1.10 bits per heavy atom. The standard InChI is InChI=1S/C22H25N3O3S/c1-4-11-23-29(27,28)20-9-6-8-19(16-20)22(26)25-14-12-24(13-15-25)21-10-5-7-17(2)18(21)3/h1,5-10,16,23H,11-15H2,2-3H3. The molecule has 2 aromatic carbocycles. The minimum Gasteiger partial charge on any atom is -0.368 e. The molecule has 0 bridgehead atoms. The number of hydrogen-bond donors (Lipinski definition) is 1. The number of carbonyl (C=O) groups excluding carboxylic acids is 1. The third-order valence-corrected chi connectivity index (χ3v) is 6.64. The lowest BCUT2D eigenvalue weighted by molar-refractivity contribution is 0.0746. The van der Waals surface area contributed by atoms with Crippen LogP contribution in [0, 0.1) is 26.2 Å². The van der Waals surface area contributed by atoms with Gasteiger partial charge in [-0.25, -0.2) is 8.42 Å². The number of benzene rings is 2. The van der Waals surface area contributed by atoms with Gasteiger partial charge in [0, 0.05) is 37.4 Å². The van der Waals surface area contributed by atoms with Crippen LogP contribution in [0.4, 0.5) is 5.69 Å². The molecule has 1 fully saturated rings. The minimum atomic E-state index is -3.73. The quantitative estimate of drug-likeness (QED) is 0.766. The number of anilines is 1. The Kier molecular flexibility index (Phi) is 6.26. The summed E-state index contributed by atoms with van der Waals surface area (Å²) >= 11 is 0. The highest BCUT2D eigenvalue weighted by atomic mass is 32.2. The lowest BCUT2D eigenvalue weighted by Gasteiger charge is -2.37. The van der Waals surface area contributed by atoms with E-state index >= 15 is 0 Å². The summed E-state index contributed by atoms with van der Waals surface area (Å²) in [6, 6.07) is 12.3. The van der Waals surface area contributed by atoms with Crippen LogP contribution in [0.1, 0.15) is 21.5 Å². The molecule has 3 rings (SSSR count). The molecule has 152 valence electrons. The van der Waals surface area contributed by atoms with Gasteiger partial charge in [-0.2, -0.15) is 4.72 Å². The molecule has 0 atom stereocenters. The Bertz CT molecular complexity index is 1050. The van der Waals surface area contributed by atoms with E-state index in [4.69, 9.17) is 6.42 Å². The number of sulfonamides is 1. The summed E-state index contributed by atoms with van der Waals surface area (Å²) in [5, 5.41) is 0. The first-order chi connectivity index (χ1) is 13.8. The van der Waals surface area contributed by atoms with Gasteiger partial charge in [0.15, 0.2) is 0 Å². The lowest BCUT2D eigenvalue weighted by Crippen LogP contribution is -2.49. The molecule has 0 aromatic heterocycles. The normalized spacial score (nSPS) is 14.5. The third-order valence-electron chi connectivity index (χ3n) is 5.24. The van der Waals surface area contributed by atoms with E-state index < -0.39 is 10.0 Å². The maximum absolute atomic E-state index is 12.9. The summed E-state index contributed by atoms with van der Waals surface area (Å²) in [5.41, 5.74) is 4.06. The molecule has 1 heterocycles. The van der Waals surface area contributed by atoms with Crippen molar-refractivity contribution < 1.29 is 13.2 Å². The molecule has 0 radical (unpaired) electrons. The van der Waals surface area contributed by atoms with Crippen molar-refractivity contribution in [3.05, 3.63) is 59.2 Å². The highest BCUT2D eigenvalue weighted by Crippen LogP contribution is 2.24. The first-order valence-corrected chi connectivity index (χ1v) is 11.0. The van der Waals surface area contributed by atoms with E-state index in [0.717, 1.165) is 13.1 Å². The van der Waals surface area contributed by atoms with Crippen LogP contribution in [0.15, 0.2) is 47.4 Å². The zero-order chi connectivity index (χ0) is 21.0. The molecule has 7 heteroatoms. The molecule has 0 saturated carbocycles. The Morgan fingerprint density at radius 3 is 2.48 bits per heavy atom. The molecule has 0 unspecified atom stereocenters. The fourth-order valence-electron chi connectivity index (χ4n) is 3.43. The molecule has 0 spiro atoms. The van der Waals surface area contributed by atoms with Gasteiger partial charge in [-0.15, -0.1) is 6.42 Å². The van der Waals surface area contributed by atoms with Gasteiger partial charge in [-0.05, 0) is 49.2 Å². The van der Waals surface area contributed by atoms with Crippen molar-refractivity contribution in [2.45, 2.75) is 18.7 Å². The smallest absolute Gasteiger partial charge is 0.254 e. The van der Waals surface area contributed by atoms with Gasteiger partial charge in [0.1, 0.15) is 0 Å². The van der Waals surface area contributed by atoms with Gasteiger partial charge < -0.3 is 9.80 Å². The van der Waals surface area contributed by atoms with Gasteiger partial charge in [-0.1, -0.05) is 24.1 Å². The van der Waals surface area contributed by atoms with Gasteiger partial charge in [-0.3, -0.25) is 4.79 Å². The average Bonchev–Trinajstić information content (AvgIpc) is 2.74. The van der Waals surface area contributed by atoms with E-state index in [0.29, 0.717) is 18.7 Å². The topological polar surface area (TPSA) is 69.7 Å². The summed E-state index contributed by atoms with van der Waals surface area (Å²) in [7, 11) is -3.73. The molecule has 1 aliphatic heterocycles. The largest absolute Gasteiger partial charge is 0.368 e. The maximum Gasteiger partial charge on any atom is 0.254 e. The predicted molar refractivity (Wildman–Crippen MR) is 114 cm³/mol. The highest BCUT2D eigenvalue weighted by Gasteiger charge is 2.24. The summed E-state index contributed by atoms with van der Waals surface area (Å²) in [5.74, 6) is 2.07. The molecular weight excluding hydrogens is 386 g/mol. The van der Waals surface area contributed by atoms with Gasteiger partial charge >= 0.3 is 0 Å². The summed E-state index contributed by atoms with van der Waals surface area (Å²) < 4.78 is 26.8. The van der Waals surface area contributed by atoms with Gasteiger partial charge in [0.25, 0.3) is 5.91 Å². The number of rotatable bonds is 5. The molecule has 1 saturated heterocycles. The highest BCUT2D eigenvalue weighted by molar-refractivity contribution is 7.89. The van der Waals surface area contributed by atoms with Crippen LogP contribution in [0.5, 0.6) is 0 Å². The minimum absolute atomic E-state index is 0.0348. The van der Waals surface area contributed by atoms with E-state index in [1.54, 1.807) is 17.0 Å². The number of amides is 1. The molecule has 2 aromatic rings. The van der Waals surface area contributed by atoms with Crippen molar-refractivity contribution in [2.24, 2.45) is 0 Å². The number of aryl methyl sites for hydroxylation is 1. The van der Waals surface area contributed by atoms with Crippen molar-refractivity contribution >= 4 is 21.6 Å². The Balaban J connectivity index is 1.71. The van der Waals surface area contributed by atoms with E-state index in [2.05, 4.69) is 47.6 Å². The van der Waals surface area contributed by atoms with Crippen molar-refractivity contribution in [2.75, 3.05) is 37.6 Å². The summed E-state index contributed by atoms with van der Waals surface area (Å²) in [6.07, 6.45) is 5.12. The molecule has 1 N–H and O–H groups in total. The van der Waals surface area contributed by atoms with Crippen LogP contribution < -0.4 is 9.62 Å². The molecule has 6 nitrogen and oxygen atoms in total. The number of hydrogen-bond acceptors (Lipinski definition) is 4. The number of piperazine rings is 1. The van der Waals surface area contributed by atoms with E-state index in [-0.39, 0.29) is 17.3 Å². The predicted octanol–water partition coefficient (Wildman–Crippen LogP) is 2.18. The Labute approximate surface area is 172 Å². The van der Waals surface area contributed by atoms with Gasteiger partial charge in [0.2, 0.25) is 10.0 Å². The van der Waals surface area contributed by atoms with Crippen molar-refractivity contribution in [1.29, 1.82) is 0 Å². The fourth-order valence-corrected chi connectivity index (χ4v) is 4.41. The monoisotopic (exact) mass is 411 g/mol. The number of nitrogens with zero attached hydrogens (tertiary/aromatic N) is 2. The SMILES string of the molecule is C#CCNS(=O)(=O)c1cccc(C(=O)N2CCN(c3cccc(C)c3C)CC2)c1. The maximum atomic E-state index is 12.9. The lowest BCUT2D eigenvalue weighted by atomic mass is 10.1. The van der Waals surface area contributed by atoms with E-state index in [1.807, 2.05) is 0 Å². The van der Waals surface area contributed by atoms with Crippen LogP contribution in [-0.2, 0) is 10.0 Å². The molecule has 29 heavy (non-hydrogen) atoms. The van der Waals surface area contributed by atoms with Crippen LogP contribution in [0.2, 0.25) is 0 Å². The van der Waals surface area contributed by atoms with Crippen molar-refractivity contribution in [3.8, 4) is 12.3 Å². The molecular formula is C22H25N3O3S. The second-order valence-corrected chi connectivity index (χ2v) is 8.82. The summed E-state index contributed by atoms with van der Waals surface area (Å²) in [6.45, 7) is 6.74. The second kappa shape index (κ2) is 8.68. The number of carbonyl (C=O) groups is 1. The first kappa shape index (κ1) is 20.9. The third kappa shape index (κ3) is 4.61. The number of nitrogens with one attached hydrogen (secondary N) is 1. The Morgan fingerprint density at radius 2 is 1.79 bits per heavy atom. The van der Waals surface area contributed by atoms with Crippen LogP contribution >= 0.6 is 0 Å². The van der Waals surface area contributed by atoms with Crippen LogP contribution in [-0.4, -0.2) is 51.9 Å². The zero-order valence-electron chi connectivity index (χ0n) is 16.7. The van der Waals surface area contributed by atoms with Gasteiger partial charge in [0.05, 0.1) is 11.4 Å². The van der Waals surface area contributed by atoms with Crippen LogP contribution in [0.3, 0.4) is 0 Å². The second-order valence-electron chi connectivity index (χ2n) is 7.05. The van der Waals surface area contributed by atoms with Crippen molar-refractivity contribution in [3.63, 3.8) is 0 Å². The van der Waals surface area contributed by atoms with Crippen LogP contribution in [0.25, 0.3) is 0 Å².